The molecule has 7 nitrogen and oxygen atoms in total. The summed E-state index contributed by atoms with van der Waals surface area (Å²) in [7, 11) is 1.48. The van der Waals surface area contributed by atoms with Gasteiger partial charge in [0, 0.05) is 14.0 Å². The average Bonchev–Trinajstić information content (AvgIpc) is 2.62. The van der Waals surface area contributed by atoms with Gasteiger partial charge in [-0.2, -0.15) is 13.2 Å². The number of carbonyl (C=O) groups excluding carboxylic acids is 2. The molecule has 156 valence electrons. The van der Waals surface area contributed by atoms with Crippen LogP contribution < -0.4 is 15.0 Å². The topological polar surface area (TPSA) is 72.3 Å². The van der Waals surface area contributed by atoms with E-state index in [1.54, 1.807) is 4.90 Å². The molecule has 1 aliphatic heterocycles. The monoisotopic (exact) mass is 404 g/mol. The Morgan fingerprint density at radius 1 is 1.21 bits per heavy atom. The zero-order valence-electron chi connectivity index (χ0n) is 15.9. The highest BCUT2D eigenvalue weighted by molar-refractivity contribution is 5.93. The standard InChI is InChI=1S/C18H24F3N3O4/c1-13(25)24-7-5-23(6-8-24)12-17(26)22-15-11-14(18(19,20)21)3-4-16(15)28-10-9-27-2/h3-4,11H,5-10,12H2,1-2H3,(H,22,26)/p+1. The maximum atomic E-state index is 13.0. The van der Waals surface area contributed by atoms with Gasteiger partial charge in [-0.1, -0.05) is 0 Å². The lowest BCUT2D eigenvalue weighted by molar-refractivity contribution is -0.895. The van der Waals surface area contributed by atoms with Gasteiger partial charge in [-0.15, -0.1) is 0 Å². The van der Waals surface area contributed by atoms with E-state index < -0.39 is 17.6 Å². The molecule has 0 radical (unpaired) electrons. The first-order valence-electron chi connectivity index (χ1n) is 8.92. The van der Waals surface area contributed by atoms with Crippen molar-refractivity contribution in [3.05, 3.63) is 23.8 Å². The number of methoxy groups -OCH3 is 1. The van der Waals surface area contributed by atoms with Crippen molar-refractivity contribution < 1.29 is 37.1 Å². The predicted octanol–water partition coefficient (Wildman–Crippen LogP) is 0.416. The van der Waals surface area contributed by atoms with Gasteiger partial charge in [0.1, 0.15) is 12.4 Å². The van der Waals surface area contributed by atoms with Crippen LogP contribution in [-0.4, -0.2) is 69.8 Å². The second-order valence-electron chi connectivity index (χ2n) is 6.53. The Kier molecular flexibility index (Phi) is 7.64. The molecule has 1 heterocycles. The van der Waals surface area contributed by atoms with Crippen LogP contribution in [0.15, 0.2) is 18.2 Å². The van der Waals surface area contributed by atoms with Crippen LogP contribution in [0, 0.1) is 0 Å². The van der Waals surface area contributed by atoms with Crippen LogP contribution >= 0.6 is 0 Å². The van der Waals surface area contributed by atoms with Crippen molar-refractivity contribution in [2.24, 2.45) is 0 Å². The zero-order chi connectivity index (χ0) is 20.7. The zero-order valence-corrected chi connectivity index (χ0v) is 15.9. The Hall–Kier alpha value is -2.33. The number of rotatable bonds is 7. The van der Waals surface area contributed by atoms with Crippen molar-refractivity contribution >= 4 is 17.5 Å². The van der Waals surface area contributed by atoms with Gasteiger partial charge in [-0.05, 0) is 18.2 Å². The average molecular weight is 404 g/mol. The second kappa shape index (κ2) is 9.74. The van der Waals surface area contributed by atoms with E-state index in [1.807, 2.05) is 0 Å². The summed E-state index contributed by atoms with van der Waals surface area (Å²) in [6.07, 6.45) is -4.53. The lowest BCUT2D eigenvalue weighted by atomic mass is 10.1. The number of ether oxygens (including phenoxy) is 2. The molecule has 10 heteroatoms. The van der Waals surface area contributed by atoms with E-state index in [2.05, 4.69) is 5.32 Å². The number of quaternary nitrogens is 1. The summed E-state index contributed by atoms with van der Waals surface area (Å²) in [5.41, 5.74) is -0.901. The molecule has 2 rings (SSSR count). The molecule has 0 unspecified atom stereocenters. The molecule has 0 saturated carbocycles. The van der Waals surface area contributed by atoms with Gasteiger partial charge in [-0.3, -0.25) is 9.59 Å². The van der Waals surface area contributed by atoms with Crippen LogP contribution in [0.2, 0.25) is 0 Å². The van der Waals surface area contributed by atoms with Crippen molar-refractivity contribution in [3.8, 4) is 5.75 Å². The van der Waals surface area contributed by atoms with Crippen LogP contribution in [0.3, 0.4) is 0 Å². The number of alkyl halides is 3. The van der Waals surface area contributed by atoms with Gasteiger partial charge in [0.25, 0.3) is 5.91 Å². The van der Waals surface area contributed by atoms with Gasteiger partial charge in [0.2, 0.25) is 5.91 Å². The summed E-state index contributed by atoms with van der Waals surface area (Å²) in [5.74, 6) is -0.276. The van der Waals surface area contributed by atoms with Crippen LogP contribution in [0.4, 0.5) is 18.9 Å². The van der Waals surface area contributed by atoms with Crippen molar-refractivity contribution in [1.82, 2.24) is 4.90 Å². The maximum Gasteiger partial charge on any atom is 0.416 e. The number of nitrogens with one attached hydrogen (secondary N) is 2. The largest absolute Gasteiger partial charge is 0.489 e. The normalized spacial score (nSPS) is 15.4. The molecule has 0 aliphatic carbocycles. The number of hydrogen-bond donors (Lipinski definition) is 2. The molecule has 28 heavy (non-hydrogen) atoms. The summed E-state index contributed by atoms with van der Waals surface area (Å²) < 4.78 is 49.3. The summed E-state index contributed by atoms with van der Waals surface area (Å²) in [6, 6.07) is 2.96. The van der Waals surface area contributed by atoms with Gasteiger partial charge in [-0.25, -0.2) is 0 Å². The van der Waals surface area contributed by atoms with E-state index in [9.17, 15) is 22.8 Å². The minimum atomic E-state index is -4.53. The van der Waals surface area contributed by atoms with Gasteiger partial charge < -0.3 is 24.6 Å². The number of carbonyl (C=O) groups is 2. The molecule has 0 bridgehead atoms. The quantitative estimate of drug-likeness (QED) is 0.646. The molecule has 0 spiro atoms. The van der Waals surface area contributed by atoms with E-state index in [0.717, 1.165) is 17.0 Å². The van der Waals surface area contributed by atoms with Gasteiger partial charge in [0.05, 0.1) is 44.0 Å². The minimum Gasteiger partial charge on any atom is -0.489 e. The second-order valence-corrected chi connectivity index (χ2v) is 6.53. The lowest BCUT2D eigenvalue weighted by Gasteiger charge is -2.31. The molecule has 1 aliphatic rings. The van der Waals surface area contributed by atoms with E-state index in [-0.39, 0.29) is 37.1 Å². The maximum absolute atomic E-state index is 13.0. The van der Waals surface area contributed by atoms with E-state index >= 15 is 0 Å². The van der Waals surface area contributed by atoms with E-state index in [0.29, 0.717) is 26.2 Å². The number of benzene rings is 1. The number of halogens is 3. The Balaban J connectivity index is 2.03. The fourth-order valence-electron chi connectivity index (χ4n) is 2.90. The van der Waals surface area contributed by atoms with Crippen LogP contribution in [0.25, 0.3) is 0 Å². The third-order valence-electron chi connectivity index (χ3n) is 4.45. The van der Waals surface area contributed by atoms with Gasteiger partial charge >= 0.3 is 6.18 Å². The highest BCUT2D eigenvalue weighted by Gasteiger charge is 2.31. The summed E-state index contributed by atoms with van der Waals surface area (Å²) in [4.78, 5) is 26.4. The number of anilines is 1. The SMILES string of the molecule is COCCOc1ccc(C(F)(F)F)cc1NC(=O)C[NH+]1CCN(C(C)=O)CC1. The molecule has 0 atom stereocenters. The molecule has 1 aromatic rings. The third-order valence-corrected chi connectivity index (χ3v) is 4.45. The number of hydrogen-bond acceptors (Lipinski definition) is 4. The van der Waals surface area contributed by atoms with E-state index in [1.165, 1.54) is 20.1 Å². The minimum absolute atomic E-state index is 0.00897. The first kappa shape index (κ1) is 22.0. The molecule has 1 fully saturated rings. The molecule has 0 aromatic heterocycles. The molecular weight excluding hydrogens is 379 g/mol. The summed E-state index contributed by atoms with van der Waals surface area (Å²) >= 11 is 0. The van der Waals surface area contributed by atoms with Crippen molar-refractivity contribution in [2.75, 3.05) is 58.4 Å². The molecule has 2 N–H and O–H groups in total. The van der Waals surface area contributed by atoms with Gasteiger partial charge in [0.15, 0.2) is 6.54 Å². The first-order valence-corrected chi connectivity index (χ1v) is 8.92. The molecule has 1 aromatic carbocycles. The number of amides is 2. The van der Waals surface area contributed by atoms with Crippen molar-refractivity contribution in [1.29, 1.82) is 0 Å². The van der Waals surface area contributed by atoms with Crippen molar-refractivity contribution in [2.45, 2.75) is 13.1 Å². The van der Waals surface area contributed by atoms with E-state index in [4.69, 9.17) is 9.47 Å². The molecular formula is C18H25F3N3O4+. The fraction of sp³-hybridized carbons (Fsp3) is 0.556. The summed E-state index contributed by atoms with van der Waals surface area (Å²) in [6.45, 7) is 4.30. The van der Waals surface area contributed by atoms with Crippen LogP contribution in [-0.2, 0) is 20.5 Å². The first-order chi connectivity index (χ1) is 13.2. The Bertz CT molecular complexity index is 689. The molecule has 2 amide bonds. The smallest absolute Gasteiger partial charge is 0.416 e. The van der Waals surface area contributed by atoms with Crippen LogP contribution in [0.5, 0.6) is 5.75 Å². The summed E-state index contributed by atoms with van der Waals surface area (Å²) in [5, 5.41) is 2.53. The Morgan fingerprint density at radius 3 is 2.46 bits per heavy atom. The Morgan fingerprint density at radius 2 is 1.89 bits per heavy atom. The highest BCUT2D eigenvalue weighted by Crippen LogP contribution is 2.35. The fourth-order valence-corrected chi connectivity index (χ4v) is 2.90. The lowest BCUT2D eigenvalue weighted by Crippen LogP contribution is -3.15. The molecule has 1 saturated heterocycles. The predicted molar refractivity (Wildman–Crippen MR) is 95.3 cm³/mol. The number of piperazine rings is 1. The van der Waals surface area contributed by atoms with Crippen LogP contribution in [0.1, 0.15) is 12.5 Å². The highest BCUT2D eigenvalue weighted by atomic mass is 19.4. The Labute approximate surface area is 161 Å². The third kappa shape index (κ3) is 6.38. The van der Waals surface area contributed by atoms with Crippen molar-refractivity contribution in [3.63, 3.8) is 0 Å². The number of nitrogens with zero attached hydrogens (tertiary/aromatic N) is 1.